The van der Waals surface area contributed by atoms with Crippen LogP contribution >= 0.6 is 0 Å². The Labute approximate surface area is 129 Å². The fraction of sp³-hybridized carbons (Fsp3) is 0.294. The Morgan fingerprint density at radius 1 is 1.09 bits per heavy atom. The summed E-state index contributed by atoms with van der Waals surface area (Å²) in [6.07, 6.45) is 4.98. The van der Waals surface area contributed by atoms with Gasteiger partial charge in [-0.1, -0.05) is 6.07 Å². The molecule has 5 nitrogen and oxygen atoms in total. The summed E-state index contributed by atoms with van der Waals surface area (Å²) in [5, 5.41) is 2.96. The Morgan fingerprint density at radius 3 is 2.36 bits per heavy atom. The lowest BCUT2D eigenvalue weighted by atomic mass is 9.94. The second-order valence-electron chi connectivity index (χ2n) is 5.34. The zero-order valence-corrected chi connectivity index (χ0v) is 12.6. The molecule has 0 bridgehead atoms. The standard InChI is InChI=1S/C17H18N2O3/c1-21-14-4-3-12(11-15(14)22-2)17(7-8-17)16(20)19-13-5-9-18-10-6-13/h3-6,9-11H,7-8H2,1-2H3,(H,18,19,20). The fourth-order valence-corrected chi connectivity index (χ4v) is 2.59. The molecule has 0 atom stereocenters. The van der Waals surface area contributed by atoms with Crippen LogP contribution in [0.15, 0.2) is 42.7 Å². The highest BCUT2D eigenvalue weighted by Crippen LogP contribution is 2.50. The molecular weight excluding hydrogens is 280 g/mol. The molecule has 0 unspecified atom stereocenters. The van der Waals surface area contributed by atoms with Gasteiger partial charge in [0.2, 0.25) is 5.91 Å². The fourth-order valence-electron chi connectivity index (χ4n) is 2.59. The molecule has 1 fully saturated rings. The van der Waals surface area contributed by atoms with Crippen molar-refractivity contribution in [1.29, 1.82) is 0 Å². The van der Waals surface area contributed by atoms with Gasteiger partial charge in [-0.25, -0.2) is 0 Å². The van der Waals surface area contributed by atoms with E-state index in [2.05, 4.69) is 10.3 Å². The lowest BCUT2D eigenvalue weighted by Crippen LogP contribution is -2.27. The lowest BCUT2D eigenvalue weighted by molar-refractivity contribution is -0.118. The largest absolute Gasteiger partial charge is 0.493 e. The molecule has 1 N–H and O–H groups in total. The van der Waals surface area contributed by atoms with Gasteiger partial charge in [0.25, 0.3) is 0 Å². The third kappa shape index (κ3) is 2.50. The summed E-state index contributed by atoms with van der Waals surface area (Å²) in [6, 6.07) is 9.22. The van der Waals surface area contributed by atoms with Gasteiger partial charge in [0, 0.05) is 18.1 Å². The normalized spacial score (nSPS) is 15.0. The summed E-state index contributed by atoms with van der Waals surface area (Å²) in [7, 11) is 3.19. The number of hydrogen-bond acceptors (Lipinski definition) is 4. The summed E-state index contributed by atoms with van der Waals surface area (Å²) >= 11 is 0. The average molecular weight is 298 g/mol. The highest BCUT2D eigenvalue weighted by molar-refractivity contribution is 6.01. The molecule has 1 aromatic carbocycles. The highest BCUT2D eigenvalue weighted by Gasteiger charge is 2.51. The molecule has 1 saturated carbocycles. The predicted octanol–water partition coefficient (Wildman–Crippen LogP) is 2.77. The van der Waals surface area contributed by atoms with E-state index in [1.54, 1.807) is 38.7 Å². The zero-order chi connectivity index (χ0) is 15.6. The minimum atomic E-state index is -0.469. The van der Waals surface area contributed by atoms with Crippen LogP contribution in [0.2, 0.25) is 0 Å². The van der Waals surface area contributed by atoms with Crippen molar-refractivity contribution in [3.05, 3.63) is 48.3 Å². The van der Waals surface area contributed by atoms with Gasteiger partial charge >= 0.3 is 0 Å². The summed E-state index contributed by atoms with van der Waals surface area (Å²) in [6.45, 7) is 0. The summed E-state index contributed by atoms with van der Waals surface area (Å²) < 4.78 is 10.6. The summed E-state index contributed by atoms with van der Waals surface area (Å²) in [5.41, 5.74) is 1.24. The maximum Gasteiger partial charge on any atom is 0.235 e. The molecule has 1 heterocycles. The number of nitrogens with zero attached hydrogens (tertiary/aromatic N) is 1. The molecule has 5 heteroatoms. The first kappa shape index (κ1) is 14.4. The van der Waals surface area contributed by atoms with E-state index in [-0.39, 0.29) is 5.91 Å². The molecule has 114 valence electrons. The van der Waals surface area contributed by atoms with Crippen molar-refractivity contribution in [2.45, 2.75) is 18.3 Å². The Kier molecular flexibility index (Phi) is 3.71. The van der Waals surface area contributed by atoms with Crippen molar-refractivity contribution >= 4 is 11.6 Å². The van der Waals surface area contributed by atoms with E-state index < -0.39 is 5.41 Å². The Bertz CT molecular complexity index is 682. The number of hydrogen-bond donors (Lipinski definition) is 1. The van der Waals surface area contributed by atoms with Gasteiger partial charge in [-0.2, -0.15) is 0 Å². The first-order valence-corrected chi connectivity index (χ1v) is 7.13. The number of aromatic nitrogens is 1. The van der Waals surface area contributed by atoms with E-state index in [0.717, 1.165) is 24.1 Å². The van der Waals surface area contributed by atoms with Crippen LogP contribution in [-0.4, -0.2) is 25.1 Å². The average Bonchev–Trinajstić information content (AvgIpc) is 3.37. The molecule has 1 aliphatic rings. The molecule has 2 aromatic rings. The van der Waals surface area contributed by atoms with Crippen LogP contribution in [-0.2, 0) is 10.2 Å². The number of nitrogens with one attached hydrogen (secondary N) is 1. The highest BCUT2D eigenvalue weighted by atomic mass is 16.5. The predicted molar refractivity (Wildman–Crippen MR) is 83.3 cm³/mol. The number of rotatable bonds is 5. The summed E-state index contributed by atoms with van der Waals surface area (Å²) in [5.74, 6) is 1.31. The quantitative estimate of drug-likeness (QED) is 0.922. The molecule has 1 aliphatic carbocycles. The van der Waals surface area contributed by atoms with E-state index in [9.17, 15) is 4.79 Å². The van der Waals surface area contributed by atoms with E-state index in [4.69, 9.17) is 9.47 Å². The van der Waals surface area contributed by atoms with Crippen LogP contribution in [0.3, 0.4) is 0 Å². The molecule has 3 rings (SSSR count). The summed E-state index contributed by atoms with van der Waals surface area (Å²) in [4.78, 5) is 16.6. The zero-order valence-electron chi connectivity index (χ0n) is 12.6. The van der Waals surface area contributed by atoms with Crippen LogP contribution < -0.4 is 14.8 Å². The first-order valence-electron chi connectivity index (χ1n) is 7.13. The third-order valence-electron chi connectivity index (χ3n) is 4.06. The van der Waals surface area contributed by atoms with Gasteiger partial charge in [-0.3, -0.25) is 9.78 Å². The van der Waals surface area contributed by atoms with E-state index in [0.29, 0.717) is 11.5 Å². The first-order chi connectivity index (χ1) is 10.7. The molecule has 0 saturated heterocycles. The van der Waals surface area contributed by atoms with Gasteiger partial charge < -0.3 is 14.8 Å². The Balaban J connectivity index is 1.85. The van der Waals surface area contributed by atoms with Crippen LogP contribution in [0.1, 0.15) is 18.4 Å². The number of ether oxygens (including phenoxy) is 2. The van der Waals surface area contributed by atoms with E-state index in [1.165, 1.54) is 0 Å². The minimum absolute atomic E-state index is 0.00548. The molecule has 0 spiro atoms. The SMILES string of the molecule is COc1ccc(C2(C(=O)Nc3ccncc3)CC2)cc1OC. The van der Waals surface area contributed by atoms with Crippen molar-refractivity contribution in [3.8, 4) is 11.5 Å². The number of carbonyl (C=O) groups is 1. The van der Waals surface area contributed by atoms with E-state index >= 15 is 0 Å². The number of anilines is 1. The maximum atomic E-state index is 12.6. The van der Waals surface area contributed by atoms with Gasteiger partial charge in [-0.15, -0.1) is 0 Å². The third-order valence-corrected chi connectivity index (χ3v) is 4.06. The van der Waals surface area contributed by atoms with Crippen LogP contribution in [0, 0.1) is 0 Å². The number of methoxy groups -OCH3 is 2. The van der Waals surface area contributed by atoms with Crippen LogP contribution in [0.4, 0.5) is 5.69 Å². The van der Waals surface area contributed by atoms with Crippen molar-refractivity contribution in [2.75, 3.05) is 19.5 Å². The van der Waals surface area contributed by atoms with Gasteiger partial charge in [-0.05, 0) is 42.7 Å². The molecule has 0 aliphatic heterocycles. The van der Waals surface area contributed by atoms with Gasteiger partial charge in [0.1, 0.15) is 0 Å². The monoisotopic (exact) mass is 298 g/mol. The number of amides is 1. The molecule has 1 amide bonds. The molecule has 22 heavy (non-hydrogen) atoms. The second kappa shape index (κ2) is 5.67. The van der Waals surface area contributed by atoms with Gasteiger partial charge in [0.05, 0.1) is 19.6 Å². The van der Waals surface area contributed by atoms with E-state index in [1.807, 2.05) is 18.2 Å². The van der Waals surface area contributed by atoms with Crippen molar-refractivity contribution in [3.63, 3.8) is 0 Å². The number of benzene rings is 1. The van der Waals surface area contributed by atoms with Gasteiger partial charge in [0.15, 0.2) is 11.5 Å². The Morgan fingerprint density at radius 2 is 1.77 bits per heavy atom. The topological polar surface area (TPSA) is 60.5 Å². The van der Waals surface area contributed by atoms with Crippen molar-refractivity contribution in [1.82, 2.24) is 4.98 Å². The lowest BCUT2D eigenvalue weighted by Gasteiger charge is -2.17. The molecule has 1 aromatic heterocycles. The molecule has 0 radical (unpaired) electrons. The number of pyridine rings is 1. The van der Waals surface area contributed by atoms with Crippen molar-refractivity contribution < 1.29 is 14.3 Å². The second-order valence-corrected chi connectivity index (χ2v) is 5.34. The van der Waals surface area contributed by atoms with Crippen molar-refractivity contribution in [2.24, 2.45) is 0 Å². The minimum Gasteiger partial charge on any atom is -0.493 e. The molecular formula is C17H18N2O3. The van der Waals surface area contributed by atoms with Crippen LogP contribution in [0.5, 0.6) is 11.5 Å². The Hall–Kier alpha value is -2.56. The number of carbonyl (C=O) groups excluding carboxylic acids is 1. The van der Waals surface area contributed by atoms with Crippen LogP contribution in [0.25, 0.3) is 0 Å². The smallest absolute Gasteiger partial charge is 0.235 e. The maximum absolute atomic E-state index is 12.6.